The largest absolute Gasteiger partial charge is 0.497 e. The molecule has 244 valence electrons. The van der Waals surface area contributed by atoms with Gasteiger partial charge in [0.2, 0.25) is 0 Å². The van der Waals surface area contributed by atoms with Gasteiger partial charge in [-0.25, -0.2) is 4.98 Å². The fourth-order valence-corrected chi connectivity index (χ4v) is 6.24. The number of methoxy groups -OCH3 is 1. The van der Waals surface area contributed by atoms with Crippen LogP contribution in [-0.2, 0) is 5.41 Å². The molecule has 0 amide bonds. The summed E-state index contributed by atoms with van der Waals surface area (Å²) in [5.41, 5.74) is 3.60. The SMILES string of the molecule is [2H]c1c([2H])c([2H])c(-c2cc(-c3cccc(-c4c([2H])c([2H])c([2H])c([2H])c4[2H])c3Oc3ccnc(-n4c5ccccc5c5ccc(OC)cc54)c3)cc(C(C)(C)C)c2)c([2H])c1[2H]. The molecule has 8 aromatic rings. The minimum absolute atomic E-state index is 0.0270. The van der Waals surface area contributed by atoms with Crippen molar-refractivity contribution in [3.63, 3.8) is 0 Å². The van der Waals surface area contributed by atoms with E-state index in [1.54, 1.807) is 49.7 Å². The van der Waals surface area contributed by atoms with Crippen LogP contribution in [0.1, 0.15) is 40.0 Å². The third kappa shape index (κ3) is 5.79. The summed E-state index contributed by atoms with van der Waals surface area (Å²) < 4.78 is 100. The lowest BCUT2D eigenvalue weighted by atomic mass is 9.83. The minimum Gasteiger partial charge on any atom is -0.497 e. The molecule has 0 aliphatic carbocycles. The highest BCUT2D eigenvalue weighted by molar-refractivity contribution is 6.09. The van der Waals surface area contributed by atoms with Gasteiger partial charge in [-0.1, -0.05) is 130 Å². The normalized spacial score (nSPS) is 14.4. The first kappa shape index (κ1) is 21.8. The maximum absolute atomic E-state index is 8.96. The number of nitrogens with zero attached hydrogens (tertiary/aromatic N) is 2. The van der Waals surface area contributed by atoms with Crippen molar-refractivity contribution < 1.29 is 23.2 Å². The van der Waals surface area contributed by atoms with E-state index in [2.05, 4.69) is 0 Å². The Morgan fingerprint density at radius 1 is 0.600 bits per heavy atom. The molecule has 0 aliphatic rings. The Morgan fingerprint density at radius 2 is 1.28 bits per heavy atom. The quantitative estimate of drug-likeness (QED) is 0.171. The van der Waals surface area contributed by atoms with Gasteiger partial charge in [-0.2, -0.15) is 0 Å². The van der Waals surface area contributed by atoms with Crippen molar-refractivity contribution in [2.24, 2.45) is 0 Å². The highest BCUT2D eigenvalue weighted by Crippen LogP contribution is 2.44. The van der Waals surface area contributed by atoms with Crippen LogP contribution >= 0.6 is 0 Å². The zero-order chi connectivity index (χ0) is 42.9. The van der Waals surface area contributed by atoms with Crippen molar-refractivity contribution in [3.8, 4) is 56.4 Å². The Labute approximate surface area is 307 Å². The zero-order valence-corrected chi connectivity index (χ0v) is 27.9. The van der Waals surface area contributed by atoms with Crippen LogP contribution in [0.15, 0.2) is 158 Å². The predicted octanol–water partition coefficient (Wildman–Crippen LogP) is 12.3. The molecule has 8 rings (SSSR count). The van der Waals surface area contributed by atoms with Crippen LogP contribution in [0, 0.1) is 0 Å². The smallest absolute Gasteiger partial charge is 0.143 e. The number of aromatic nitrogens is 2. The molecule has 0 N–H and O–H groups in total. The molecule has 0 saturated carbocycles. The minimum atomic E-state index is -0.532. The van der Waals surface area contributed by atoms with Crippen molar-refractivity contribution in [3.05, 3.63) is 163 Å². The number of pyridine rings is 1. The second-order valence-corrected chi connectivity index (χ2v) is 12.9. The number of hydrogen-bond donors (Lipinski definition) is 0. The average molecular weight is 661 g/mol. The molecular formula is C46H38N2O2. The van der Waals surface area contributed by atoms with Gasteiger partial charge in [-0.3, -0.25) is 4.57 Å². The highest BCUT2D eigenvalue weighted by Gasteiger charge is 2.21. The van der Waals surface area contributed by atoms with Crippen LogP contribution < -0.4 is 9.47 Å². The summed E-state index contributed by atoms with van der Waals surface area (Å²) >= 11 is 0. The molecule has 4 nitrogen and oxygen atoms in total. The molecule has 0 spiro atoms. The van der Waals surface area contributed by atoms with Gasteiger partial charge in [0.1, 0.15) is 23.1 Å². The molecule has 0 atom stereocenters. The van der Waals surface area contributed by atoms with E-state index in [1.807, 2.05) is 79.9 Å². The Hall–Kier alpha value is -6.13. The summed E-state index contributed by atoms with van der Waals surface area (Å²) in [5.74, 6) is 1.67. The second kappa shape index (κ2) is 12.7. The van der Waals surface area contributed by atoms with E-state index < -0.39 is 53.8 Å². The number of hydrogen-bond acceptors (Lipinski definition) is 3. The summed E-state index contributed by atoms with van der Waals surface area (Å²) in [7, 11) is 1.61. The van der Waals surface area contributed by atoms with Gasteiger partial charge >= 0.3 is 0 Å². The van der Waals surface area contributed by atoms with Gasteiger partial charge in [-0.05, 0) is 63.6 Å². The highest BCUT2D eigenvalue weighted by atomic mass is 16.5. The zero-order valence-electron chi connectivity index (χ0n) is 37.9. The first-order chi connectivity index (χ1) is 28.5. The van der Waals surface area contributed by atoms with Gasteiger partial charge in [-0.15, -0.1) is 0 Å². The molecule has 4 heteroatoms. The van der Waals surface area contributed by atoms with Gasteiger partial charge in [0.05, 0.1) is 31.9 Å². The molecule has 0 unspecified atom stereocenters. The molecule has 6 aromatic carbocycles. The summed E-state index contributed by atoms with van der Waals surface area (Å²) in [6.07, 6.45) is 1.61. The van der Waals surface area contributed by atoms with Crippen molar-refractivity contribution in [1.82, 2.24) is 9.55 Å². The Balaban J connectivity index is 1.40. The number of para-hydroxylation sites is 2. The lowest BCUT2D eigenvalue weighted by Crippen LogP contribution is -2.11. The summed E-state index contributed by atoms with van der Waals surface area (Å²) in [4.78, 5) is 4.75. The van der Waals surface area contributed by atoms with Crippen molar-refractivity contribution in [2.75, 3.05) is 7.11 Å². The first-order valence-electron chi connectivity index (χ1n) is 21.2. The van der Waals surface area contributed by atoms with E-state index in [4.69, 9.17) is 28.2 Å². The molecule has 0 radical (unpaired) electrons. The number of fused-ring (bicyclic) bond motifs is 3. The van der Waals surface area contributed by atoms with E-state index in [1.165, 1.54) is 0 Å². The summed E-state index contributed by atoms with van der Waals surface area (Å²) in [6, 6.07) is 23.3. The number of rotatable bonds is 7. The lowest BCUT2D eigenvalue weighted by molar-refractivity contribution is 0.415. The summed E-state index contributed by atoms with van der Waals surface area (Å²) in [5, 5.41) is 1.99. The van der Waals surface area contributed by atoms with E-state index in [0.717, 1.165) is 27.4 Å². The van der Waals surface area contributed by atoms with E-state index in [-0.39, 0.29) is 34.5 Å². The average Bonchev–Trinajstić information content (AvgIpc) is 3.57. The summed E-state index contributed by atoms with van der Waals surface area (Å²) in [6.45, 7) is 6.00. The fraction of sp³-hybridized carbons (Fsp3) is 0.109. The molecule has 2 aromatic heterocycles. The third-order valence-electron chi connectivity index (χ3n) is 8.73. The Kier molecular flexibility index (Phi) is 5.54. The van der Waals surface area contributed by atoms with Gasteiger partial charge in [0.15, 0.2) is 0 Å². The van der Waals surface area contributed by atoms with Crippen LogP contribution in [0.3, 0.4) is 0 Å². The van der Waals surface area contributed by atoms with Crippen molar-refractivity contribution in [1.29, 1.82) is 0 Å². The maximum Gasteiger partial charge on any atom is 0.143 e. The van der Waals surface area contributed by atoms with Crippen molar-refractivity contribution >= 4 is 21.8 Å². The first-order valence-corrected chi connectivity index (χ1v) is 16.2. The number of benzene rings is 6. The topological polar surface area (TPSA) is 36.3 Å². The van der Waals surface area contributed by atoms with Crippen LogP contribution in [0.25, 0.3) is 61.0 Å². The van der Waals surface area contributed by atoms with E-state index in [0.29, 0.717) is 34.0 Å². The molecule has 50 heavy (non-hydrogen) atoms. The molecule has 0 fully saturated rings. The predicted molar refractivity (Wildman–Crippen MR) is 207 cm³/mol. The van der Waals surface area contributed by atoms with Crippen molar-refractivity contribution in [2.45, 2.75) is 26.2 Å². The number of ether oxygens (including phenoxy) is 2. The fourth-order valence-electron chi connectivity index (χ4n) is 6.24. The van der Waals surface area contributed by atoms with Crippen LogP contribution in [0.5, 0.6) is 17.2 Å². The van der Waals surface area contributed by atoms with E-state index >= 15 is 0 Å². The Bertz CT molecular complexity index is 3010. The standard InChI is InChI=1S/C46H38N2O2/c1-46(2,3)35-27-33(31-14-7-5-8-15-31)26-34(28-35)39-20-13-19-38(32-16-9-6-10-17-32)45(39)50-37-24-25-47-44(30-37)48-42-21-12-11-18-40(42)41-23-22-36(49-4)29-43(41)48/h5-30H,1-4H3/i5D,6D,7D,8D,9D,10D,14D,15D,16D,17D. The molecular weight excluding hydrogens is 613 g/mol. The third-order valence-corrected chi connectivity index (χ3v) is 8.73. The van der Waals surface area contributed by atoms with Crippen LogP contribution in [0.4, 0.5) is 0 Å². The van der Waals surface area contributed by atoms with Gasteiger partial charge in [0, 0.05) is 40.2 Å². The molecule has 0 bridgehead atoms. The maximum atomic E-state index is 8.96. The van der Waals surface area contributed by atoms with Gasteiger partial charge in [0.25, 0.3) is 0 Å². The van der Waals surface area contributed by atoms with Crippen LogP contribution in [-0.4, -0.2) is 16.7 Å². The second-order valence-electron chi connectivity index (χ2n) is 12.9. The Morgan fingerprint density at radius 3 is 2.02 bits per heavy atom. The molecule has 2 heterocycles. The van der Waals surface area contributed by atoms with E-state index in [9.17, 15) is 0 Å². The molecule has 0 saturated heterocycles. The molecule has 0 aliphatic heterocycles. The van der Waals surface area contributed by atoms with Crippen LogP contribution in [0.2, 0.25) is 0 Å². The van der Waals surface area contributed by atoms with Gasteiger partial charge < -0.3 is 9.47 Å². The lowest BCUT2D eigenvalue weighted by Gasteiger charge is -2.23. The monoisotopic (exact) mass is 660 g/mol.